The maximum absolute atomic E-state index is 12.4. The van der Waals surface area contributed by atoms with Gasteiger partial charge >= 0.3 is 0 Å². The van der Waals surface area contributed by atoms with Gasteiger partial charge in [0.15, 0.2) is 0 Å². The molecule has 2 aromatic carbocycles. The molecule has 4 rings (SSSR count). The Balaban J connectivity index is 1.35. The van der Waals surface area contributed by atoms with Gasteiger partial charge in [-0.05, 0) is 42.7 Å². The zero-order valence-electron chi connectivity index (χ0n) is 16.3. The molecule has 0 atom stereocenters. The number of hydrogen-bond donors (Lipinski definition) is 1. The average molecular weight is 391 g/mol. The largest absolute Gasteiger partial charge is 0.492 e. The zero-order valence-corrected chi connectivity index (χ0v) is 16.3. The van der Waals surface area contributed by atoms with Gasteiger partial charge in [0.1, 0.15) is 12.4 Å². The van der Waals surface area contributed by atoms with E-state index in [0.717, 1.165) is 31.2 Å². The second-order valence-corrected chi connectivity index (χ2v) is 7.73. The van der Waals surface area contributed by atoms with Gasteiger partial charge in [-0.25, -0.2) is 0 Å². The highest BCUT2D eigenvalue weighted by Crippen LogP contribution is 2.30. The minimum Gasteiger partial charge on any atom is -0.492 e. The first-order valence-electron chi connectivity index (χ1n) is 10.2. The lowest BCUT2D eigenvalue weighted by molar-refractivity contribution is 0.0521. The SMILES string of the molecule is O=C1c2ccccc2C(=O)N1CCOc1cccc(C=CC2(O)CCCCC2)c1. The summed E-state index contributed by atoms with van der Waals surface area (Å²) in [5.41, 5.74) is 1.14. The molecule has 150 valence electrons. The molecule has 0 bridgehead atoms. The van der Waals surface area contributed by atoms with E-state index in [1.807, 2.05) is 36.4 Å². The van der Waals surface area contributed by atoms with Crippen molar-refractivity contribution in [3.63, 3.8) is 0 Å². The number of imide groups is 1. The van der Waals surface area contributed by atoms with E-state index >= 15 is 0 Å². The standard InChI is InChI=1S/C24H25NO4/c26-22-20-9-2-3-10-21(20)23(27)25(22)15-16-29-19-8-6-7-18(17-19)11-14-24(28)12-4-1-5-13-24/h2-3,6-11,14,17,28H,1,4-5,12-13,15-16H2. The van der Waals surface area contributed by atoms with Crippen LogP contribution < -0.4 is 4.74 Å². The van der Waals surface area contributed by atoms with Crippen molar-refractivity contribution in [2.24, 2.45) is 0 Å². The van der Waals surface area contributed by atoms with E-state index in [9.17, 15) is 14.7 Å². The normalized spacial score (nSPS) is 18.3. The summed E-state index contributed by atoms with van der Waals surface area (Å²) in [6.07, 6.45) is 8.74. The van der Waals surface area contributed by atoms with Crippen LogP contribution in [0.25, 0.3) is 6.08 Å². The molecule has 0 spiro atoms. The van der Waals surface area contributed by atoms with Gasteiger partial charge < -0.3 is 9.84 Å². The Labute approximate surface area is 170 Å². The molecule has 1 N–H and O–H groups in total. The number of amides is 2. The van der Waals surface area contributed by atoms with Crippen LogP contribution in [0.1, 0.15) is 58.4 Å². The van der Waals surface area contributed by atoms with Crippen LogP contribution in [0, 0.1) is 0 Å². The van der Waals surface area contributed by atoms with Gasteiger partial charge in [0.05, 0.1) is 23.3 Å². The molecule has 5 nitrogen and oxygen atoms in total. The van der Waals surface area contributed by atoms with E-state index in [-0.39, 0.29) is 25.0 Å². The number of nitrogens with zero attached hydrogens (tertiary/aromatic N) is 1. The molecule has 0 saturated heterocycles. The molecular formula is C24H25NO4. The first-order valence-corrected chi connectivity index (χ1v) is 10.2. The second-order valence-electron chi connectivity index (χ2n) is 7.73. The monoisotopic (exact) mass is 391 g/mol. The molecule has 2 aromatic rings. The minimum absolute atomic E-state index is 0.201. The van der Waals surface area contributed by atoms with E-state index in [2.05, 4.69) is 0 Å². The lowest BCUT2D eigenvalue weighted by Gasteiger charge is -2.28. The molecule has 0 radical (unpaired) electrons. The van der Waals surface area contributed by atoms with Crippen molar-refractivity contribution >= 4 is 17.9 Å². The first kappa shape index (κ1) is 19.4. The minimum atomic E-state index is -0.708. The summed E-state index contributed by atoms with van der Waals surface area (Å²) in [4.78, 5) is 26.0. The average Bonchev–Trinajstić information content (AvgIpc) is 2.98. The van der Waals surface area contributed by atoms with E-state index in [4.69, 9.17) is 4.74 Å². The van der Waals surface area contributed by atoms with Crippen LogP contribution in [0.5, 0.6) is 5.75 Å². The molecule has 1 heterocycles. The summed E-state index contributed by atoms with van der Waals surface area (Å²) in [6.45, 7) is 0.425. The van der Waals surface area contributed by atoms with Crippen molar-refractivity contribution in [1.82, 2.24) is 4.90 Å². The highest BCUT2D eigenvalue weighted by atomic mass is 16.5. The highest BCUT2D eigenvalue weighted by molar-refractivity contribution is 6.21. The lowest BCUT2D eigenvalue weighted by Crippen LogP contribution is -2.33. The van der Waals surface area contributed by atoms with Crippen molar-refractivity contribution in [1.29, 1.82) is 0 Å². The third kappa shape index (κ3) is 4.25. The first-order chi connectivity index (χ1) is 14.1. The molecule has 5 heteroatoms. The summed E-state index contributed by atoms with van der Waals surface area (Å²) in [5.74, 6) is 0.123. The summed E-state index contributed by atoms with van der Waals surface area (Å²) >= 11 is 0. The second kappa shape index (κ2) is 8.21. The summed E-state index contributed by atoms with van der Waals surface area (Å²) in [5, 5.41) is 10.6. The molecule has 1 aliphatic heterocycles. The van der Waals surface area contributed by atoms with Gasteiger partial charge in [0.25, 0.3) is 11.8 Å². The van der Waals surface area contributed by atoms with Crippen LogP contribution in [0.3, 0.4) is 0 Å². The Bertz CT molecular complexity index is 908. The van der Waals surface area contributed by atoms with Crippen molar-refractivity contribution in [2.45, 2.75) is 37.7 Å². The van der Waals surface area contributed by atoms with Crippen LogP contribution in [0.2, 0.25) is 0 Å². The maximum Gasteiger partial charge on any atom is 0.261 e. The van der Waals surface area contributed by atoms with Crippen LogP contribution in [0.15, 0.2) is 54.6 Å². The number of fused-ring (bicyclic) bond motifs is 1. The highest BCUT2D eigenvalue weighted by Gasteiger charge is 2.34. The Morgan fingerprint density at radius 3 is 2.34 bits per heavy atom. The van der Waals surface area contributed by atoms with Gasteiger partial charge in [-0.1, -0.05) is 55.7 Å². The Hall–Kier alpha value is -2.92. The van der Waals surface area contributed by atoms with Crippen molar-refractivity contribution in [3.05, 3.63) is 71.3 Å². The van der Waals surface area contributed by atoms with Crippen LogP contribution in [-0.2, 0) is 0 Å². The number of hydrogen-bond acceptors (Lipinski definition) is 4. The fourth-order valence-corrected chi connectivity index (χ4v) is 3.99. The van der Waals surface area contributed by atoms with Crippen molar-refractivity contribution in [2.75, 3.05) is 13.2 Å². The van der Waals surface area contributed by atoms with Crippen LogP contribution >= 0.6 is 0 Å². The van der Waals surface area contributed by atoms with E-state index in [1.165, 1.54) is 11.3 Å². The molecule has 1 fully saturated rings. The molecule has 2 aliphatic rings. The van der Waals surface area contributed by atoms with Gasteiger partial charge in [0, 0.05) is 0 Å². The van der Waals surface area contributed by atoms with Crippen LogP contribution in [0.4, 0.5) is 0 Å². The number of rotatable bonds is 6. The van der Waals surface area contributed by atoms with Gasteiger partial charge in [-0.3, -0.25) is 14.5 Å². The third-order valence-corrected chi connectivity index (χ3v) is 5.63. The summed E-state index contributed by atoms with van der Waals surface area (Å²) in [7, 11) is 0. The van der Waals surface area contributed by atoms with Crippen molar-refractivity contribution in [3.8, 4) is 5.75 Å². The molecule has 1 saturated carbocycles. The molecule has 0 aromatic heterocycles. The number of aliphatic hydroxyl groups is 1. The summed E-state index contributed by atoms with van der Waals surface area (Å²) in [6, 6.07) is 14.4. The van der Waals surface area contributed by atoms with Gasteiger partial charge in [0.2, 0.25) is 0 Å². The van der Waals surface area contributed by atoms with Gasteiger partial charge in [-0.2, -0.15) is 0 Å². The smallest absolute Gasteiger partial charge is 0.261 e. The Morgan fingerprint density at radius 1 is 0.966 bits per heavy atom. The fourth-order valence-electron chi connectivity index (χ4n) is 3.99. The Morgan fingerprint density at radius 2 is 1.66 bits per heavy atom. The molecule has 0 unspecified atom stereocenters. The zero-order chi connectivity index (χ0) is 20.3. The third-order valence-electron chi connectivity index (χ3n) is 5.63. The number of benzene rings is 2. The van der Waals surface area contributed by atoms with E-state index in [0.29, 0.717) is 16.9 Å². The molecule has 1 aliphatic carbocycles. The quantitative estimate of drug-likeness (QED) is 0.754. The predicted molar refractivity (Wildman–Crippen MR) is 111 cm³/mol. The predicted octanol–water partition coefficient (Wildman–Crippen LogP) is 4.07. The number of ether oxygens (including phenoxy) is 1. The summed E-state index contributed by atoms with van der Waals surface area (Å²) < 4.78 is 5.78. The molecule has 29 heavy (non-hydrogen) atoms. The van der Waals surface area contributed by atoms with E-state index < -0.39 is 5.60 Å². The van der Waals surface area contributed by atoms with Crippen LogP contribution in [-0.4, -0.2) is 40.6 Å². The Kier molecular flexibility index (Phi) is 5.49. The molecule has 2 amide bonds. The number of carbonyl (C=O) groups is 2. The molecular weight excluding hydrogens is 366 g/mol. The fraction of sp³-hybridized carbons (Fsp3) is 0.333. The topological polar surface area (TPSA) is 66.8 Å². The lowest BCUT2D eigenvalue weighted by atomic mass is 9.84. The van der Waals surface area contributed by atoms with Gasteiger partial charge in [-0.15, -0.1) is 0 Å². The number of carbonyl (C=O) groups excluding carboxylic acids is 2. The van der Waals surface area contributed by atoms with E-state index in [1.54, 1.807) is 24.3 Å². The maximum atomic E-state index is 12.4. The van der Waals surface area contributed by atoms with Crippen molar-refractivity contribution < 1.29 is 19.4 Å².